The van der Waals surface area contributed by atoms with Crippen LogP contribution in [0, 0.1) is 0 Å². The number of hydrogen-bond acceptors (Lipinski definition) is 5. The summed E-state index contributed by atoms with van der Waals surface area (Å²) >= 11 is 0. The molecule has 146 valence electrons. The molecule has 1 heterocycles. The fraction of sp³-hybridized carbons (Fsp3) is 0.118. The summed E-state index contributed by atoms with van der Waals surface area (Å²) in [6, 6.07) is 8.91. The molecule has 5 nitrogen and oxygen atoms in total. The van der Waals surface area contributed by atoms with E-state index in [4.69, 9.17) is 0 Å². The second-order valence-corrected chi connectivity index (χ2v) is 5.53. The minimum Gasteiger partial charge on any atom is -0.338 e. The first-order valence-corrected chi connectivity index (χ1v) is 7.70. The van der Waals surface area contributed by atoms with Crippen molar-refractivity contribution in [3.63, 3.8) is 0 Å². The number of rotatable bonds is 4. The Labute approximate surface area is 154 Å². The first-order valence-electron chi connectivity index (χ1n) is 7.70. The second kappa shape index (κ2) is 7.33. The lowest BCUT2D eigenvalue weighted by atomic mass is 10.1. The molecule has 0 bridgehead atoms. The van der Waals surface area contributed by atoms with E-state index in [0.29, 0.717) is 0 Å². The Morgan fingerprint density at radius 2 is 1.43 bits per heavy atom. The molecule has 1 aromatic heterocycles. The molecule has 2 N–H and O–H groups in total. The Kier molecular flexibility index (Phi) is 5.08. The zero-order chi connectivity index (χ0) is 20.4. The molecule has 0 fully saturated rings. The third-order valence-electron chi connectivity index (χ3n) is 3.52. The molecule has 0 saturated heterocycles. The Balaban J connectivity index is 1.79. The van der Waals surface area contributed by atoms with E-state index in [1.165, 1.54) is 30.3 Å². The van der Waals surface area contributed by atoms with Gasteiger partial charge in [0.1, 0.15) is 0 Å². The molecule has 0 saturated carbocycles. The minimum absolute atomic E-state index is 0.0267. The maximum atomic E-state index is 13.1. The summed E-state index contributed by atoms with van der Waals surface area (Å²) in [6.45, 7) is 0. The van der Waals surface area contributed by atoms with Crippen LogP contribution in [0.15, 0.2) is 54.7 Å². The van der Waals surface area contributed by atoms with Crippen LogP contribution >= 0.6 is 0 Å². The zero-order valence-electron chi connectivity index (χ0n) is 13.8. The number of anilines is 4. The van der Waals surface area contributed by atoms with Crippen LogP contribution in [0.25, 0.3) is 0 Å². The van der Waals surface area contributed by atoms with Gasteiger partial charge in [-0.1, -0.05) is 12.1 Å². The third kappa shape index (κ3) is 4.67. The van der Waals surface area contributed by atoms with Crippen LogP contribution in [0.1, 0.15) is 11.1 Å². The van der Waals surface area contributed by atoms with Crippen molar-refractivity contribution in [2.75, 3.05) is 10.6 Å². The van der Waals surface area contributed by atoms with Gasteiger partial charge in [-0.25, -0.2) is 0 Å². The first-order chi connectivity index (χ1) is 13.1. The van der Waals surface area contributed by atoms with Gasteiger partial charge in [0.25, 0.3) is 0 Å². The number of alkyl halides is 6. The molecule has 0 amide bonds. The molecule has 2 aromatic carbocycles. The predicted molar refractivity (Wildman–Crippen MR) is 89.3 cm³/mol. The van der Waals surface area contributed by atoms with Gasteiger partial charge in [-0.2, -0.15) is 36.4 Å². The molecule has 3 aromatic rings. The van der Waals surface area contributed by atoms with Crippen molar-refractivity contribution in [3.05, 3.63) is 65.9 Å². The van der Waals surface area contributed by atoms with Gasteiger partial charge in [-0.3, -0.25) is 0 Å². The molecule has 0 aliphatic carbocycles. The number of nitrogens with zero attached hydrogens (tertiary/aromatic N) is 3. The summed E-state index contributed by atoms with van der Waals surface area (Å²) in [5.41, 5.74) is -1.68. The summed E-state index contributed by atoms with van der Waals surface area (Å²) < 4.78 is 76.9. The standard InChI is InChI=1S/C17H11F6N5/c18-16(19,20)10-5-7-11(8-6-10)25-15-27-14(9-24-28-15)26-13-4-2-1-3-12(13)17(21,22)23/h1-9H,(H2,25,26,27,28). The Morgan fingerprint density at radius 3 is 2.07 bits per heavy atom. The van der Waals surface area contributed by atoms with Gasteiger partial charge in [0.2, 0.25) is 5.95 Å². The van der Waals surface area contributed by atoms with E-state index in [2.05, 4.69) is 25.8 Å². The van der Waals surface area contributed by atoms with Gasteiger partial charge in [0, 0.05) is 5.69 Å². The molecule has 28 heavy (non-hydrogen) atoms. The van der Waals surface area contributed by atoms with Crippen LogP contribution in [0.2, 0.25) is 0 Å². The normalized spacial score (nSPS) is 11.9. The predicted octanol–water partition coefficient (Wildman–Crippen LogP) is 5.40. The number of benzene rings is 2. The zero-order valence-corrected chi connectivity index (χ0v) is 13.8. The summed E-state index contributed by atoms with van der Waals surface area (Å²) in [6.07, 6.45) is -7.91. The number of aromatic nitrogens is 3. The highest BCUT2D eigenvalue weighted by Gasteiger charge is 2.33. The average molecular weight is 399 g/mol. The topological polar surface area (TPSA) is 62.7 Å². The SMILES string of the molecule is FC(F)(F)c1ccc(Nc2nncc(Nc3ccccc3C(F)(F)F)n2)cc1. The number of nitrogens with one attached hydrogen (secondary N) is 2. The lowest BCUT2D eigenvalue weighted by Crippen LogP contribution is -2.09. The van der Waals surface area contributed by atoms with Crippen molar-refractivity contribution in [1.29, 1.82) is 0 Å². The second-order valence-electron chi connectivity index (χ2n) is 5.53. The van der Waals surface area contributed by atoms with E-state index in [9.17, 15) is 26.3 Å². The van der Waals surface area contributed by atoms with E-state index >= 15 is 0 Å². The van der Waals surface area contributed by atoms with Gasteiger partial charge in [0.05, 0.1) is 23.0 Å². The number of halogens is 6. The van der Waals surface area contributed by atoms with Crippen LogP contribution in [0.5, 0.6) is 0 Å². The van der Waals surface area contributed by atoms with E-state index < -0.39 is 23.5 Å². The number of para-hydroxylation sites is 1. The van der Waals surface area contributed by atoms with Gasteiger partial charge in [0.15, 0.2) is 5.82 Å². The van der Waals surface area contributed by atoms with Crippen molar-refractivity contribution < 1.29 is 26.3 Å². The minimum atomic E-state index is -4.56. The molecule has 0 spiro atoms. The van der Waals surface area contributed by atoms with Gasteiger partial charge in [-0.15, -0.1) is 5.10 Å². The van der Waals surface area contributed by atoms with Crippen LogP contribution < -0.4 is 10.6 Å². The maximum Gasteiger partial charge on any atom is 0.418 e. The van der Waals surface area contributed by atoms with Crippen LogP contribution in [0.3, 0.4) is 0 Å². The maximum absolute atomic E-state index is 13.1. The van der Waals surface area contributed by atoms with Crippen molar-refractivity contribution in [2.45, 2.75) is 12.4 Å². The highest BCUT2D eigenvalue weighted by Crippen LogP contribution is 2.35. The summed E-state index contributed by atoms with van der Waals surface area (Å²) in [5.74, 6) is -0.129. The summed E-state index contributed by atoms with van der Waals surface area (Å²) in [4.78, 5) is 3.97. The third-order valence-corrected chi connectivity index (χ3v) is 3.52. The molecule has 0 aliphatic heterocycles. The fourth-order valence-corrected chi connectivity index (χ4v) is 2.27. The van der Waals surface area contributed by atoms with Crippen molar-refractivity contribution in [3.8, 4) is 0 Å². The van der Waals surface area contributed by atoms with Gasteiger partial charge in [-0.05, 0) is 36.4 Å². The highest BCUT2D eigenvalue weighted by molar-refractivity contribution is 5.62. The molecule has 0 atom stereocenters. The number of hydrogen-bond donors (Lipinski definition) is 2. The Hall–Kier alpha value is -3.37. The van der Waals surface area contributed by atoms with E-state index in [1.807, 2.05) is 0 Å². The van der Waals surface area contributed by atoms with Gasteiger partial charge >= 0.3 is 12.4 Å². The molecule has 0 aliphatic rings. The molecular formula is C17H11F6N5. The highest BCUT2D eigenvalue weighted by atomic mass is 19.4. The molecule has 0 radical (unpaired) electrons. The average Bonchev–Trinajstić information content (AvgIpc) is 2.61. The summed E-state index contributed by atoms with van der Waals surface area (Å²) in [5, 5.41) is 12.4. The smallest absolute Gasteiger partial charge is 0.338 e. The lowest BCUT2D eigenvalue weighted by Gasteiger charge is -2.14. The first kappa shape index (κ1) is 19.4. The Morgan fingerprint density at radius 1 is 0.750 bits per heavy atom. The summed E-state index contributed by atoms with van der Waals surface area (Å²) in [7, 11) is 0. The van der Waals surface area contributed by atoms with Crippen LogP contribution in [-0.2, 0) is 12.4 Å². The van der Waals surface area contributed by atoms with E-state index in [1.54, 1.807) is 0 Å². The van der Waals surface area contributed by atoms with Crippen molar-refractivity contribution >= 4 is 23.1 Å². The van der Waals surface area contributed by atoms with Crippen LogP contribution in [-0.4, -0.2) is 15.2 Å². The fourth-order valence-electron chi connectivity index (χ4n) is 2.27. The molecule has 3 rings (SSSR count). The monoisotopic (exact) mass is 399 g/mol. The quantitative estimate of drug-likeness (QED) is 0.576. The largest absolute Gasteiger partial charge is 0.418 e. The van der Waals surface area contributed by atoms with E-state index in [0.717, 1.165) is 24.4 Å². The lowest BCUT2D eigenvalue weighted by molar-refractivity contribution is -0.138. The Bertz CT molecular complexity index is 953. The molecular weight excluding hydrogens is 388 g/mol. The van der Waals surface area contributed by atoms with E-state index in [-0.39, 0.29) is 23.1 Å². The van der Waals surface area contributed by atoms with Crippen molar-refractivity contribution in [1.82, 2.24) is 15.2 Å². The van der Waals surface area contributed by atoms with Crippen LogP contribution in [0.4, 0.5) is 49.5 Å². The molecule has 11 heteroatoms. The van der Waals surface area contributed by atoms with Crippen molar-refractivity contribution in [2.24, 2.45) is 0 Å². The van der Waals surface area contributed by atoms with Gasteiger partial charge < -0.3 is 10.6 Å². The molecule has 0 unspecified atom stereocenters.